The average Bonchev–Trinajstić information content (AvgIpc) is 3.33. The van der Waals surface area contributed by atoms with Crippen molar-refractivity contribution in [1.82, 2.24) is 24.8 Å². The normalized spacial score (nSPS) is 17.1. The highest BCUT2D eigenvalue weighted by Crippen LogP contribution is 2.29. The van der Waals surface area contributed by atoms with E-state index in [1.54, 1.807) is 0 Å². The molecule has 1 aliphatic heterocycles. The van der Waals surface area contributed by atoms with Gasteiger partial charge in [-0.15, -0.1) is 0 Å². The van der Waals surface area contributed by atoms with Gasteiger partial charge in [-0.2, -0.15) is 5.10 Å². The topological polar surface area (TPSA) is 62.5 Å². The minimum absolute atomic E-state index is 0.0715. The number of aryl methyl sites for hydroxylation is 3. The van der Waals surface area contributed by atoms with Crippen molar-refractivity contribution < 1.29 is 4.79 Å². The maximum absolute atomic E-state index is 12.3. The average molecular weight is 448 g/mol. The fourth-order valence-corrected chi connectivity index (χ4v) is 4.91. The van der Waals surface area contributed by atoms with Crippen LogP contribution in [0.1, 0.15) is 73.3 Å². The monoisotopic (exact) mass is 447 g/mol. The fraction of sp³-hybridized carbons (Fsp3) is 0.519. The molecule has 1 aliphatic rings. The summed E-state index contributed by atoms with van der Waals surface area (Å²) in [5, 5.41) is 8.01. The minimum atomic E-state index is -0.214. The number of nitrogens with one attached hydrogen (secondary N) is 1. The smallest absolute Gasteiger partial charge is 0.220 e. The number of hydrogen-bond acceptors (Lipinski definition) is 4. The van der Waals surface area contributed by atoms with E-state index >= 15 is 0 Å². The molecule has 1 atom stereocenters. The van der Waals surface area contributed by atoms with Gasteiger partial charge in [0.25, 0.3) is 0 Å². The number of benzene rings is 1. The van der Waals surface area contributed by atoms with E-state index in [-0.39, 0.29) is 11.4 Å². The van der Waals surface area contributed by atoms with Crippen LogP contribution in [0.15, 0.2) is 30.3 Å². The maximum Gasteiger partial charge on any atom is 0.220 e. The molecule has 0 radical (unpaired) electrons. The van der Waals surface area contributed by atoms with Gasteiger partial charge in [-0.05, 0) is 72.1 Å². The van der Waals surface area contributed by atoms with Gasteiger partial charge in [-0.25, -0.2) is 9.50 Å². The van der Waals surface area contributed by atoms with Crippen LogP contribution in [-0.2, 0) is 17.8 Å². The zero-order valence-electron chi connectivity index (χ0n) is 20.9. The molecule has 33 heavy (non-hydrogen) atoms. The lowest BCUT2D eigenvalue weighted by Crippen LogP contribution is -2.40. The van der Waals surface area contributed by atoms with Crippen molar-refractivity contribution in [3.8, 4) is 0 Å². The number of likely N-dealkylation sites (tertiary alicyclic amines) is 1. The van der Waals surface area contributed by atoms with Gasteiger partial charge in [-0.1, -0.05) is 29.8 Å². The summed E-state index contributed by atoms with van der Waals surface area (Å²) in [6.45, 7) is 15.4. The van der Waals surface area contributed by atoms with Crippen molar-refractivity contribution >= 4 is 11.6 Å². The van der Waals surface area contributed by atoms with Crippen molar-refractivity contribution in [3.63, 3.8) is 0 Å². The summed E-state index contributed by atoms with van der Waals surface area (Å²) in [5.74, 6) is 0.499. The summed E-state index contributed by atoms with van der Waals surface area (Å²) < 4.78 is 1.97. The van der Waals surface area contributed by atoms with Crippen molar-refractivity contribution in [2.45, 2.75) is 78.8 Å². The second kappa shape index (κ2) is 9.26. The van der Waals surface area contributed by atoms with Crippen LogP contribution >= 0.6 is 0 Å². The predicted molar refractivity (Wildman–Crippen MR) is 132 cm³/mol. The van der Waals surface area contributed by atoms with Crippen LogP contribution in [0.3, 0.4) is 0 Å². The van der Waals surface area contributed by atoms with Crippen LogP contribution in [0, 0.1) is 20.8 Å². The molecule has 6 nitrogen and oxygen atoms in total. The molecule has 1 fully saturated rings. The third-order valence-electron chi connectivity index (χ3n) is 6.48. The lowest BCUT2D eigenvalue weighted by molar-refractivity contribution is -0.122. The van der Waals surface area contributed by atoms with E-state index in [9.17, 15) is 4.79 Å². The van der Waals surface area contributed by atoms with E-state index in [2.05, 4.69) is 54.4 Å². The molecule has 1 aromatic carbocycles. The molecule has 0 aliphatic carbocycles. The fourth-order valence-electron chi connectivity index (χ4n) is 4.91. The summed E-state index contributed by atoms with van der Waals surface area (Å²) >= 11 is 0. The Balaban J connectivity index is 1.47. The quantitative estimate of drug-likeness (QED) is 0.605. The Morgan fingerprint density at radius 3 is 2.70 bits per heavy atom. The molecule has 1 N–H and O–H groups in total. The molecule has 0 unspecified atom stereocenters. The molecule has 0 saturated carbocycles. The molecule has 3 heterocycles. The third-order valence-corrected chi connectivity index (χ3v) is 6.48. The Hall–Kier alpha value is -2.73. The summed E-state index contributed by atoms with van der Waals surface area (Å²) in [6.07, 6.45) is 2.25. The Bertz CT molecular complexity index is 1160. The van der Waals surface area contributed by atoms with Crippen LogP contribution < -0.4 is 5.32 Å². The lowest BCUT2D eigenvalue weighted by Gasteiger charge is -2.20. The van der Waals surface area contributed by atoms with Gasteiger partial charge in [0, 0.05) is 48.4 Å². The molecule has 0 bridgehead atoms. The van der Waals surface area contributed by atoms with Crippen molar-refractivity contribution in [2.75, 3.05) is 13.1 Å². The first-order valence-corrected chi connectivity index (χ1v) is 12.0. The second-order valence-electron chi connectivity index (χ2n) is 10.6. The van der Waals surface area contributed by atoms with Gasteiger partial charge in [-0.3, -0.25) is 9.69 Å². The predicted octanol–water partition coefficient (Wildman–Crippen LogP) is 4.49. The number of carbonyl (C=O) groups is 1. The van der Waals surface area contributed by atoms with Crippen LogP contribution in [0.5, 0.6) is 0 Å². The molecule has 0 spiro atoms. The van der Waals surface area contributed by atoms with Gasteiger partial charge in [0.2, 0.25) is 5.91 Å². The number of amides is 1. The van der Waals surface area contributed by atoms with Gasteiger partial charge in [0.15, 0.2) is 5.65 Å². The van der Waals surface area contributed by atoms with E-state index in [1.807, 2.05) is 32.2 Å². The van der Waals surface area contributed by atoms with Crippen molar-refractivity contribution in [2.24, 2.45) is 0 Å². The molecular weight excluding hydrogens is 410 g/mol. The van der Waals surface area contributed by atoms with Crippen LogP contribution in [0.4, 0.5) is 0 Å². The SMILES string of the molecule is Cc1cccc(CN2CC[C@@H](c3cc4nc(C)c(CCC(=O)NC(C)(C)C)c(C)n4n3)C2)c1. The first-order chi connectivity index (χ1) is 15.6. The Kier molecular flexibility index (Phi) is 6.57. The van der Waals surface area contributed by atoms with Crippen molar-refractivity contribution in [3.05, 3.63) is 64.1 Å². The third kappa shape index (κ3) is 5.61. The van der Waals surface area contributed by atoms with Gasteiger partial charge in [0.1, 0.15) is 0 Å². The zero-order chi connectivity index (χ0) is 23.8. The lowest BCUT2D eigenvalue weighted by atomic mass is 10.0. The maximum atomic E-state index is 12.3. The van der Waals surface area contributed by atoms with Crippen LogP contribution in [0.25, 0.3) is 5.65 Å². The highest BCUT2D eigenvalue weighted by molar-refractivity contribution is 5.77. The summed E-state index contributed by atoms with van der Waals surface area (Å²) in [6, 6.07) is 10.9. The number of hydrogen-bond donors (Lipinski definition) is 1. The largest absolute Gasteiger partial charge is 0.351 e. The number of rotatable bonds is 6. The first-order valence-electron chi connectivity index (χ1n) is 12.0. The first kappa shape index (κ1) is 23.4. The van der Waals surface area contributed by atoms with E-state index in [0.29, 0.717) is 18.8 Å². The van der Waals surface area contributed by atoms with Crippen LogP contribution in [-0.4, -0.2) is 44.0 Å². The summed E-state index contributed by atoms with van der Waals surface area (Å²) in [4.78, 5) is 19.7. The van der Waals surface area contributed by atoms with Gasteiger partial charge >= 0.3 is 0 Å². The van der Waals surface area contributed by atoms with E-state index in [1.165, 1.54) is 11.1 Å². The molecule has 2 aromatic heterocycles. The number of fused-ring (bicyclic) bond motifs is 1. The minimum Gasteiger partial charge on any atom is -0.351 e. The Morgan fingerprint density at radius 2 is 1.97 bits per heavy atom. The summed E-state index contributed by atoms with van der Waals surface area (Å²) in [7, 11) is 0. The zero-order valence-corrected chi connectivity index (χ0v) is 20.9. The van der Waals surface area contributed by atoms with Gasteiger partial charge in [0.05, 0.1) is 5.69 Å². The van der Waals surface area contributed by atoms with E-state index in [4.69, 9.17) is 10.1 Å². The van der Waals surface area contributed by atoms with Gasteiger partial charge < -0.3 is 5.32 Å². The molecule has 6 heteroatoms. The molecule has 1 saturated heterocycles. The molecular formula is C27H37N5O. The molecule has 4 rings (SSSR count). The Labute approximate surface area is 197 Å². The van der Waals surface area contributed by atoms with E-state index < -0.39 is 0 Å². The number of aromatic nitrogens is 3. The number of carbonyl (C=O) groups excluding carboxylic acids is 1. The van der Waals surface area contributed by atoms with Crippen molar-refractivity contribution in [1.29, 1.82) is 0 Å². The Morgan fingerprint density at radius 1 is 1.18 bits per heavy atom. The highest BCUT2D eigenvalue weighted by Gasteiger charge is 2.27. The molecule has 3 aromatic rings. The van der Waals surface area contributed by atoms with Crippen LogP contribution in [0.2, 0.25) is 0 Å². The molecule has 1 amide bonds. The molecule has 176 valence electrons. The second-order valence-corrected chi connectivity index (χ2v) is 10.6. The van der Waals surface area contributed by atoms with E-state index in [0.717, 1.165) is 54.3 Å². The number of nitrogens with zero attached hydrogens (tertiary/aromatic N) is 4. The highest BCUT2D eigenvalue weighted by atomic mass is 16.1. The standard InChI is InChI=1S/C27H37N5O/c1-18-8-7-9-21(14-18)16-31-13-12-22(17-31)24-15-25-28-19(2)23(20(3)32(25)30-24)10-11-26(33)29-27(4,5)6/h7-9,14-15,22H,10-13,16-17H2,1-6H3,(H,29,33)/t22-/m1/s1. The summed E-state index contributed by atoms with van der Waals surface area (Å²) in [5.41, 5.74) is 7.69.